The third-order valence-electron chi connectivity index (χ3n) is 2.11. The summed E-state index contributed by atoms with van der Waals surface area (Å²) in [6.07, 6.45) is 7.30. The molecule has 0 aliphatic carbocycles. The standard InChI is InChI=1S/C14H16O.C2H6/c1-3-4-5-13(10-11-15)14-8-6-12(2)7-9-14;1-2/h3-10,15H,1,11H2,2H3;1-2H3/b5-4-,13-10+;. The average molecular weight is 230 g/mol. The summed E-state index contributed by atoms with van der Waals surface area (Å²) >= 11 is 0. The van der Waals surface area contributed by atoms with Crippen molar-refractivity contribution in [3.8, 4) is 0 Å². The fourth-order valence-electron chi connectivity index (χ4n) is 1.30. The molecule has 0 amide bonds. The van der Waals surface area contributed by atoms with Gasteiger partial charge in [-0.3, -0.25) is 0 Å². The molecule has 0 radical (unpaired) electrons. The van der Waals surface area contributed by atoms with Gasteiger partial charge >= 0.3 is 0 Å². The first-order chi connectivity index (χ1) is 8.27. The van der Waals surface area contributed by atoms with Crippen molar-refractivity contribution in [3.05, 3.63) is 66.3 Å². The zero-order valence-electron chi connectivity index (χ0n) is 11.0. The molecule has 1 heteroatoms. The van der Waals surface area contributed by atoms with Gasteiger partial charge in [0.1, 0.15) is 0 Å². The van der Waals surface area contributed by atoms with Crippen LogP contribution in [0.15, 0.2) is 55.1 Å². The third kappa shape index (κ3) is 5.88. The number of aliphatic hydroxyl groups is 1. The lowest BCUT2D eigenvalue weighted by Crippen LogP contribution is -1.84. The third-order valence-corrected chi connectivity index (χ3v) is 2.11. The van der Waals surface area contributed by atoms with E-state index in [1.54, 1.807) is 12.2 Å². The fourth-order valence-corrected chi connectivity index (χ4v) is 1.30. The van der Waals surface area contributed by atoms with Crippen LogP contribution in [0.3, 0.4) is 0 Å². The van der Waals surface area contributed by atoms with Crippen LogP contribution in [0.2, 0.25) is 0 Å². The van der Waals surface area contributed by atoms with Gasteiger partial charge in [0.15, 0.2) is 0 Å². The van der Waals surface area contributed by atoms with Crippen LogP contribution >= 0.6 is 0 Å². The Kier molecular flexibility index (Phi) is 8.71. The average Bonchev–Trinajstić information content (AvgIpc) is 2.38. The van der Waals surface area contributed by atoms with Crippen LogP contribution < -0.4 is 0 Å². The van der Waals surface area contributed by atoms with E-state index in [2.05, 4.69) is 25.6 Å². The highest BCUT2D eigenvalue weighted by Crippen LogP contribution is 2.16. The van der Waals surface area contributed by atoms with E-state index in [1.165, 1.54) is 5.56 Å². The van der Waals surface area contributed by atoms with Gasteiger partial charge in [-0.1, -0.05) is 74.6 Å². The number of rotatable bonds is 4. The van der Waals surface area contributed by atoms with Gasteiger partial charge in [-0.05, 0) is 18.1 Å². The molecule has 1 aromatic rings. The second kappa shape index (κ2) is 9.61. The summed E-state index contributed by atoms with van der Waals surface area (Å²) in [6.45, 7) is 9.72. The topological polar surface area (TPSA) is 20.2 Å². The van der Waals surface area contributed by atoms with Crippen LogP contribution in [0.25, 0.3) is 5.57 Å². The van der Waals surface area contributed by atoms with Gasteiger partial charge in [0, 0.05) is 0 Å². The Bertz CT molecular complexity index is 369. The molecule has 92 valence electrons. The van der Waals surface area contributed by atoms with Crippen molar-refractivity contribution in [2.45, 2.75) is 20.8 Å². The van der Waals surface area contributed by atoms with E-state index in [4.69, 9.17) is 5.11 Å². The first-order valence-corrected chi connectivity index (χ1v) is 5.95. The fraction of sp³-hybridized carbons (Fsp3) is 0.250. The van der Waals surface area contributed by atoms with Gasteiger partial charge in [-0.25, -0.2) is 0 Å². The zero-order chi connectivity index (χ0) is 13.1. The van der Waals surface area contributed by atoms with E-state index in [-0.39, 0.29) is 6.61 Å². The largest absolute Gasteiger partial charge is 0.392 e. The highest BCUT2D eigenvalue weighted by atomic mass is 16.2. The van der Waals surface area contributed by atoms with Gasteiger partial charge in [-0.2, -0.15) is 0 Å². The molecule has 0 spiro atoms. The van der Waals surface area contributed by atoms with Crippen LogP contribution in [0.4, 0.5) is 0 Å². The van der Waals surface area contributed by atoms with Crippen molar-refractivity contribution < 1.29 is 5.11 Å². The lowest BCUT2D eigenvalue weighted by atomic mass is 10.0. The summed E-state index contributed by atoms with van der Waals surface area (Å²) in [6, 6.07) is 8.21. The van der Waals surface area contributed by atoms with Crippen LogP contribution in [0, 0.1) is 6.92 Å². The Labute approximate surface area is 105 Å². The van der Waals surface area contributed by atoms with Crippen LogP contribution in [0.1, 0.15) is 25.0 Å². The molecule has 0 bridgehead atoms. The van der Waals surface area contributed by atoms with Gasteiger partial charge in [0.05, 0.1) is 6.61 Å². The molecule has 1 N–H and O–H groups in total. The molecule has 0 atom stereocenters. The van der Waals surface area contributed by atoms with Crippen LogP contribution in [-0.2, 0) is 0 Å². The highest BCUT2D eigenvalue weighted by Gasteiger charge is 1.96. The quantitative estimate of drug-likeness (QED) is 0.771. The monoisotopic (exact) mass is 230 g/mol. The number of hydrogen-bond acceptors (Lipinski definition) is 1. The summed E-state index contributed by atoms with van der Waals surface area (Å²) in [5, 5.41) is 8.92. The van der Waals surface area contributed by atoms with Crippen molar-refractivity contribution in [2.75, 3.05) is 6.61 Å². The van der Waals surface area contributed by atoms with Gasteiger partial charge < -0.3 is 5.11 Å². The van der Waals surface area contributed by atoms with Gasteiger partial charge in [0.25, 0.3) is 0 Å². The molecule has 0 aliphatic rings. The number of aryl methyl sites for hydroxylation is 1. The second-order valence-corrected chi connectivity index (χ2v) is 3.30. The zero-order valence-corrected chi connectivity index (χ0v) is 11.0. The summed E-state index contributed by atoms with van der Waals surface area (Å²) in [5.41, 5.74) is 3.35. The molecule has 0 saturated heterocycles. The normalized spacial score (nSPS) is 10.9. The first kappa shape index (κ1) is 15.4. The predicted octanol–water partition coefficient (Wildman–Crippen LogP) is 4.14. The smallest absolute Gasteiger partial charge is 0.0621 e. The van der Waals surface area contributed by atoms with Crippen molar-refractivity contribution in [2.24, 2.45) is 0 Å². The molecule has 0 heterocycles. The number of benzene rings is 1. The maximum Gasteiger partial charge on any atom is 0.0621 e. The second-order valence-electron chi connectivity index (χ2n) is 3.30. The van der Waals surface area contributed by atoms with E-state index in [9.17, 15) is 0 Å². The van der Waals surface area contributed by atoms with Crippen molar-refractivity contribution in [1.82, 2.24) is 0 Å². The Balaban J connectivity index is 0.00000121. The molecule has 0 saturated carbocycles. The van der Waals surface area contributed by atoms with Crippen molar-refractivity contribution in [3.63, 3.8) is 0 Å². The molecular formula is C16H22O. The molecule has 0 unspecified atom stereocenters. The summed E-state index contributed by atoms with van der Waals surface area (Å²) in [7, 11) is 0. The Hall–Kier alpha value is -1.60. The minimum atomic E-state index is 0.0463. The minimum absolute atomic E-state index is 0.0463. The minimum Gasteiger partial charge on any atom is -0.392 e. The maximum atomic E-state index is 8.92. The molecule has 1 aromatic carbocycles. The summed E-state index contributed by atoms with van der Waals surface area (Å²) in [4.78, 5) is 0. The van der Waals surface area contributed by atoms with Gasteiger partial charge in [-0.15, -0.1) is 0 Å². The SMILES string of the molecule is C=C/C=C\C(=C/CO)c1ccc(C)cc1.CC. The highest BCUT2D eigenvalue weighted by molar-refractivity contribution is 5.74. The van der Waals surface area contributed by atoms with E-state index >= 15 is 0 Å². The van der Waals surface area contributed by atoms with Crippen LogP contribution in [-0.4, -0.2) is 11.7 Å². The molecule has 0 aliphatic heterocycles. The van der Waals surface area contributed by atoms with E-state index in [1.807, 2.05) is 38.1 Å². The molecule has 0 fully saturated rings. The van der Waals surface area contributed by atoms with Crippen molar-refractivity contribution >= 4 is 5.57 Å². The number of allylic oxidation sites excluding steroid dienone is 4. The lowest BCUT2D eigenvalue weighted by Gasteiger charge is -2.02. The maximum absolute atomic E-state index is 8.92. The molecule has 1 nitrogen and oxygen atoms in total. The lowest BCUT2D eigenvalue weighted by molar-refractivity contribution is 0.343. The molecule has 17 heavy (non-hydrogen) atoms. The number of hydrogen-bond donors (Lipinski definition) is 1. The molecule has 0 aromatic heterocycles. The molecular weight excluding hydrogens is 208 g/mol. The Morgan fingerprint density at radius 1 is 1.24 bits per heavy atom. The Morgan fingerprint density at radius 3 is 2.29 bits per heavy atom. The van der Waals surface area contributed by atoms with Gasteiger partial charge in [0.2, 0.25) is 0 Å². The first-order valence-electron chi connectivity index (χ1n) is 5.95. The van der Waals surface area contributed by atoms with E-state index in [0.717, 1.165) is 11.1 Å². The predicted molar refractivity (Wildman–Crippen MR) is 76.9 cm³/mol. The van der Waals surface area contributed by atoms with E-state index in [0.29, 0.717) is 0 Å². The summed E-state index contributed by atoms with van der Waals surface area (Å²) < 4.78 is 0. The molecule has 1 rings (SSSR count). The van der Waals surface area contributed by atoms with Crippen LogP contribution in [0.5, 0.6) is 0 Å². The van der Waals surface area contributed by atoms with E-state index < -0.39 is 0 Å². The number of aliphatic hydroxyl groups excluding tert-OH is 1. The summed E-state index contributed by atoms with van der Waals surface area (Å²) in [5.74, 6) is 0. The Morgan fingerprint density at radius 2 is 1.82 bits per heavy atom. The van der Waals surface area contributed by atoms with Crippen molar-refractivity contribution in [1.29, 1.82) is 0 Å².